The third-order valence-corrected chi connectivity index (χ3v) is 27.5. The molecule has 19 aromatic carbocycles. The van der Waals surface area contributed by atoms with Crippen LogP contribution in [-0.4, -0.2) is 64.2 Å². The SMILES string of the molecule is CC1(C)c2ccccc2-c2cc(-c3cccc(-c4cccc(-c5cccc(-c6nc(-c7ccccc7)cc(-c7ccccc7)n6)c5)c4)c3)ccc21.CC1(C)c2ccccc2-c2ccc(B(O)O)cc21.Clc1cccc(-c2cccc(-c3cccc(-c4nc(-c5ccccc5)cc(-c5ccccc5)n4)c3)c2)c1.Clc1cccc(-c2cccc(-c3nc(-c4ccccc4)cc(-c4ccccc4)n3)c2)c1.OB(O)c1cccc(Cl)c1. The summed E-state index contributed by atoms with van der Waals surface area (Å²) in [6.07, 6.45) is 0. The molecule has 0 bridgehead atoms. The van der Waals surface area contributed by atoms with E-state index < -0.39 is 14.2 Å². The molecule has 2 aliphatic rings. The highest BCUT2D eigenvalue weighted by Crippen LogP contribution is 2.51. The number of hydrogen-bond acceptors (Lipinski definition) is 10. The summed E-state index contributed by atoms with van der Waals surface area (Å²) in [5, 5.41) is 37.8. The van der Waals surface area contributed by atoms with Crippen molar-refractivity contribution < 1.29 is 20.1 Å². The van der Waals surface area contributed by atoms with E-state index in [-0.39, 0.29) is 10.8 Å². The first kappa shape index (κ1) is 97.7. The fraction of sp³-hybridized carbons (Fsp3) is 0.0455. The van der Waals surface area contributed by atoms with Crippen LogP contribution in [0.25, 0.3) is 191 Å². The molecule has 3 heterocycles. The monoisotopic (exact) mass is 1960 g/mol. The van der Waals surface area contributed by atoms with Crippen molar-refractivity contribution in [1.82, 2.24) is 29.9 Å². The summed E-state index contributed by atoms with van der Waals surface area (Å²) in [6.45, 7) is 9.01. The average molecular weight is 1960 g/mol. The van der Waals surface area contributed by atoms with E-state index in [1.165, 1.54) is 67.3 Å². The third-order valence-electron chi connectivity index (χ3n) is 26.8. The lowest BCUT2D eigenvalue weighted by atomic mass is 9.75. The van der Waals surface area contributed by atoms with E-state index in [0.717, 1.165) is 144 Å². The maximum absolute atomic E-state index is 9.30. The molecular weight excluding hydrogens is 1860 g/mol. The van der Waals surface area contributed by atoms with Gasteiger partial charge in [0.1, 0.15) is 0 Å². The Morgan fingerprint density at radius 3 is 0.673 bits per heavy atom. The second-order valence-corrected chi connectivity index (χ2v) is 38.6. The van der Waals surface area contributed by atoms with Crippen molar-refractivity contribution in [3.63, 3.8) is 0 Å². The Kier molecular flexibility index (Phi) is 29.4. The van der Waals surface area contributed by atoms with Crippen molar-refractivity contribution >= 4 is 60.0 Å². The van der Waals surface area contributed by atoms with Gasteiger partial charge < -0.3 is 20.1 Å². The first-order valence-electron chi connectivity index (χ1n) is 48.8. The number of hydrogen-bond donors (Lipinski definition) is 4. The molecule has 708 valence electrons. The Morgan fingerprint density at radius 2 is 0.381 bits per heavy atom. The van der Waals surface area contributed by atoms with Gasteiger partial charge in [-0.25, -0.2) is 29.9 Å². The highest BCUT2D eigenvalue weighted by atomic mass is 35.5. The number of fused-ring (bicyclic) bond motifs is 6. The van der Waals surface area contributed by atoms with E-state index in [9.17, 15) is 10.0 Å². The largest absolute Gasteiger partial charge is 0.488 e. The van der Waals surface area contributed by atoms with Gasteiger partial charge in [0.15, 0.2) is 17.5 Å². The van der Waals surface area contributed by atoms with Crippen LogP contribution in [0.2, 0.25) is 15.1 Å². The van der Waals surface area contributed by atoms with Crippen molar-refractivity contribution in [2.75, 3.05) is 0 Å². The van der Waals surface area contributed by atoms with Crippen LogP contribution in [0.5, 0.6) is 0 Å². The number of aromatic nitrogens is 6. The molecule has 0 aliphatic heterocycles. The smallest absolute Gasteiger partial charge is 0.423 e. The normalized spacial score (nSPS) is 11.9. The molecule has 0 unspecified atom stereocenters. The minimum absolute atomic E-state index is 0.00501. The van der Waals surface area contributed by atoms with Crippen molar-refractivity contribution in [1.29, 1.82) is 0 Å². The number of benzene rings is 19. The van der Waals surface area contributed by atoms with Crippen molar-refractivity contribution in [2.45, 2.75) is 38.5 Å². The second-order valence-electron chi connectivity index (χ2n) is 37.3. The zero-order valence-electron chi connectivity index (χ0n) is 81.2. The molecule has 15 heteroatoms. The van der Waals surface area contributed by atoms with Gasteiger partial charge >= 0.3 is 14.2 Å². The molecule has 0 spiro atoms. The van der Waals surface area contributed by atoms with Crippen molar-refractivity contribution in [3.8, 4) is 191 Å². The minimum Gasteiger partial charge on any atom is -0.423 e. The van der Waals surface area contributed by atoms with E-state index in [1.807, 2.05) is 182 Å². The Hall–Kier alpha value is -16.7. The summed E-state index contributed by atoms with van der Waals surface area (Å²) in [6, 6.07) is 171. The zero-order valence-corrected chi connectivity index (χ0v) is 83.4. The van der Waals surface area contributed by atoms with Gasteiger partial charge in [0, 0.05) is 76.0 Å². The number of halogens is 3. The Bertz CT molecular complexity index is 8310. The highest BCUT2D eigenvalue weighted by Gasteiger charge is 2.37. The topological polar surface area (TPSA) is 158 Å². The quantitative estimate of drug-likeness (QED) is 0.0647. The molecule has 2 aliphatic carbocycles. The fourth-order valence-corrected chi connectivity index (χ4v) is 19.8. The lowest BCUT2D eigenvalue weighted by Crippen LogP contribution is -2.31. The predicted molar refractivity (Wildman–Crippen MR) is 610 cm³/mol. The molecule has 10 nitrogen and oxygen atoms in total. The fourth-order valence-electron chi connectivity index (χ4n) is 19.2. The molecule has 0 radical (unpaired) electrons. The van der Waals surface area contributed by atoms with Gasteiger partial charge in [-0.15, -0.1) is 0 Å². The Labute approximate surface area is 873 Å². The molecule has 0 fully saturated rings. The van der Waals surface area contributed by atoms with Crippen LogP contribution in [0.4, 0.5) is 0 Å². The molecule has 0 saturated carbocycles. The molecule has 0 saturated heterocycles. The minimum atomic E-state index is -1.43. The van der Waals surface area contributed by atoms with Crippen LogP contribution in [0.3, 0.4) is 0 Å². The van der Waals surface area contributed by atoms with Gasteiger partial charge in [0.2, 0.25) is 0 Å². The average Bonchev–Trinajstić information content (AvgIpc) is 1.58. The Morgan fingerprint density at radius 1 is 0.163 bits per heavy atom. The molecule has 147 heavy (non-hydrogen) atoms. The first-order valence-corrected chi connectivity index (χ1v) is 50.0. The maximum Gasteiger partial charge on any atom is 0.488 e. The molecule has 3 aromatic heterocycles. The van der Waals surface area contributed by atoms with Gasteiger partial charge in [0.25, 0.3) is 0 Å². The van der Waals surface area contributed by atoms with Gasteiger partial charge in [-0.05, 0) is 219 Å². The zero-order chi connectivity index (χ0) is 101. The van der Waals surface area contributed by atoms with Crippen molar-refractivity contribution in [2.24, 2.45) is 0 Å². The van der Waals surface area contributed by atoms with Crippen LogP contribution < -0.4 is 10.9 Å². The standard InChI is InChI=1S/C49H36N2.C34H23ClN2.C28H19ClN2.C15H15BO2.C6H6BClO2/c1-49(2)44-25-10-9-24-42(44)43-31-40(26-27-45(43)49)38-21-12-19-36(29-38)35-18-11-20-37(28-35)39-22-13-23-41(30-39)48-50-46(33-14-5-3-6-15-33)32-47(51-48)34-16-7-4-8-17-34;35-31-19-9-17-29(22-31)27-15-7-14-26(20-27)28-16-8-18-30(21-28)34-36-32(24-10-3-1-4-11-24)23-33(37-34)25-12-5-2-6-13-25;29-25-16-8-14-23(18-25)22-13-7-15-24(17-22)28-30-26(20-9-3-1-4-10-20)19-27(31-28)21-11-5-2-6-12-21;1-15(2)13-6-4-3-5-11(13)12-8-7-10(16(17)18)9-14(12)15;8-6-3-1-2-5(4-6)7(9)10/h3-32H,1-2H3;1-23H;1-19H;3-9,17-18H,1-2H3;1-4,9-10H. The Balaban J connectivity index is 0.000000121. The summed E-state index contributed by atoms with van der Waals surface area (Å²) in [7, 11) is -2.84. The molecule has 4 N–H and O–H groups in total. The van der Waals surface area contributed by atoms with Crippen LogP contribution in [0, 0.1) is 0 Å². The molecule has 22 aromatic rings. The number of rotatable bonds is 17. The van der Waals surface area contributed by atoms with Gasteiger partial charge in [-0.3, -0.25) is 0 Å². The van der Waals surface area contributed by atoms with E-state index >= 15 is 0 Å². The predicted octanol–water partition coefficient (Wildman–Crippen LogP) is 31.7. The van der Waals surface area contributed by atoms with E-state index in [0.29, 0.717) is 33.4 Å². The molecule has 0 atom stereocenters. The van der Waals surface area contributed by atoms with Crippen LogP contribution >= 0.6 is 34.8 Å². The third kappa shape index (κ3) is 22.5. The second kappa shape index (κ2) is 44.2. The van der Waals surface area contributed by atoms with Crippen molar-refractivity contribution in [3.05, 3.63) is 541 Å². The van der Waals surface area contributed by atoms with E-state index in [2.05, 4.69) is 319 Å². The maximum atomic E-state index is 9.30. The molecule has 24 rings (SSSR count). The van der Waals surface area contributed by atoms with Crippen LogP contribution in [0.1, 0.15) is 49.9 Å². The molecular formula is C132H99B2Cl3N6O4. The van der Waals surface area contributed by atoms with E-state index in [4.69, 9.17) is 74.8 Å². The highest BCUT2D eigenvalue weighted by molar-refractivity contribution is 6.59. The van der Waals surface area contributed by atoms with Crippen LogP contribution in [-0.2, 0) is 10.8 Å². The number of nitrogens with zero attached hydrogens (tertiary/aromatic N) is 6. The lowest BCUT2D eigenvalue weighted by molar-refractivity contribution is 0.424. The first-order chi connectivity index (χ1) is 71.7. The van der Waals surface area contributed by atoms with E-state index in [1.54, 1.807) is 24.3 Å². The summed E-state index contributed by atoms with van der Waals surface area (Å²) in [5.41, 5.74) is 39.7. The van der Waals surface area contributed by atoms with Crippen LogP contribution in [0.15, 0.2) is 504 Å². The molecule has 0 amide bonds. The lowest BCUT2D eigenvalue weighted by Gasteiger charge is -2.21. The summed E-state index contributed by atoms with van der Waals surface area (Å²) in [4.78, 5) is 29.9. The van der Waals surface area contributed by atoms with Gasteiger partial charge in [0.05, 0.1) is 34.2 Å². The summed E-state index contributed by atoms with van der Waals surface area (Å²) < 4.78 is 0. The van der Waals surface area contributed by atoms with Gasteiger partial charge in [-0.2, -0.15) is 0 Å². The summed E-state index contributed by atoms with van der Waals surface area (Å²) >= 11 is 18.0. The summed E-state index contributed by atoms with van der Waals surface area (Å²) in [5.74, 6) is 2.11. The van der Waals surface area contributed by atoms with Gasteiger partial charge in [-0.1, -0.05) is 469 Å².